The number of benzene rings is 2. The second-order valence-corrected chi connectivity index (χ2v) is 6.66. The van der Waals surface area contributed by atoms with Crippen LogP contribution in [-0.2, 0) is 6.54 Å². The van der Waals surface area contributed by atoms with Crippen LogP contribution in [0.25, 0.3) is 11.1 Å². The minimum absolute atomic E-state index is 0.176. The molecule has 2 heterocycles. The maximum absolute atomic E-state index is 13.0. The van der Waals surface area contributed by atoms with E-state index in [1.54, 1.807) is 0 Å². The van der Waals surface area contributed by atoms with Crippen LogP contribution in [0.15, 0.2) is 52.9 Å². The molecule has 5 nitrogen and oxygen atoms in total. The lowest BCUT2D eigenvalue weighted by Crippen LogP contribution is -2.47. The highest BCUT2D eigenvalue weighted by Gasteiger charge is 2.16. The zero-order valence-electron chi connectivity index (χ0n) is 14.7. The lowest BCUT2D eigenvalue weighted by atomic mass is 10.2. The highest BCUT2D eigenvalue weighted by molar-refractivity contribution is 5.74. The van der Waals surface area contributed by atoms with Gasteiger partial charge in [-0.15, -0.1) is 0 Å². The van der Waals surface area contributed by atoms with Gasteiger partial charge in [0.05, 0.1) is 0 Å². The van der Waals surface area contributed by atoms with Crippen LogP contribution >= 0.6 is 0 Å². The Hall–Kier alpha value is -2.44. The molecule has 3 aromatic rings. The van der Waals surface area contributed by atoms with E-state index in [4.69, 9.17) is 4.42 Å². The average molecular weight is 354 g/mol. The molecule has 0 unspecified atom stereocenters. The van der Waals surface area contributed by atoms with E-state index in [0.29, 0.717) is 6.01 Å². The summed E-state index contributed by atoms with van der Waals surface area (Å²) in [6.07, 6.45) is 0. The van der Waals surface area contributed by atoms with E-state index >= 15 is 0 Å². The van der Waals surface area contributed by atoms with Crippen LogP contribution in [0.2, 0.25) is 0 Å². The van der Waals surface area contributed by atoms with E-state index in [9.17, 15) is 4.39 Å². The number of nitrogens with zero attached hydrogens (tertiary/aromatic N) is 3. The Labute approximate surface area is 152 Å². The van der Waals surface area contributed by atoms with Crippen LogP contribution in [0.3, 0.4) is 0 Å². The smallest absolute Gasteiger partial charge is 0.295 e. The van der Waals surface area contributed by atoms with Crippen LogP contribution in [-0.4, -0.2) is 54.1 Å². The minimum Gasteiger partial charge on any atom is -0.424 e. The van der Waals surface area contributed by atoms with Crippen molar-refractivity contribution in [2.45, 2.75) is 6.54 Å². The van der Waals surface area contributed by atoms with Gasteiger partial charge in [0.15, 0.2) is 5.58 Å². The predicted octanol–water partition coefficient (Wildman–Crippen LogP) is 3.20. The SMILES string of the molecule is Fc1ccc(CN2CCN(CCNc3nc4ccccc4o3)CC2)cc1. The number of halogens is 1. The molecule has 26 heavy (non-hydrogen) atoms. The van der Waals surface area contributed by atoms with E-state index in [1.165, 1.54) is 12.1 Å². The lowest BCUT2D eigenvalue weighted by molar-refractivity contribution is 0.130. The van der Waals surface area contributed by atoms with E-state index in [-0.39, 0.29) is 5.82 Å². The Morgan fingerprint density at radius 3 is 2.46 bits per heavy atom. The van der Waals surface area contributed by atoms with Crippen molar-refractivity contribution in [3.8, 4) is 0 Å². The van der Waals surface area contributed by atoms with Gasteiger partial charge in [0.25, 0.3) is 6.01 Å². The minimum atomic E-state index is -0.176. The van der Waals surface area contributed by atoms with E-state index in [2.05, 4.69) is 20.1 Å². The second-order valence-electron chi connectivity index (χ2n) is 6.66. The first kappa shape index (κ1) is 17.0. The van der Waals surface area contributed by atoms with E-state index in [1.807, 2.05) is 36.4 Å². The highest BCUT2D eigenvalue weighted by Crippen LogP contribution is 2.17. The van der Waals surface area contributed by atoms with Gasteiger partial charge < -0.3 is 9.73 Å². The Balaban J connectivity index is 1.19. The van der Waals surface area contributed by atoms with Gasteiger partial charge in [0.2, 0.25) is 0 Å². The number of nitrogens with one attached hydrogen (secondary N) is 1. The molecular formula is C20H23FN4O. The molecule has 0 amide bonds. The number of piperazine rings is 1. The van der Waals surface area contributed by atoms with Gasteiger partial charge in [-0.1, -0.05) is 24.3 Å². The maximum Gasteiger partial charge on any atom is 0.295 e. The van der Waals surface area contributed by atoms with Crippen LogP contribution in [0.1, 0.15) is 5.56 Å². The van der Waals surface area contributed by atoms with Crippen molar-refractivity contribution in [3.05, 3.63) is 59.9 Å². The zero-order chi connectivity index (χ0) is 17.8. The van der Waals surface area contributed by atoms with Crippen LogP contribution in [0.5, 0.6) is 0 Å². The molecule has 0 aliphatic carbocycles. The first-order chi connectivity index (χ1) is 12.8. The van der Waals surface area contributed by atoms with Crippen molar-refractivity contribution in [3.63, 3.8) is 0 Å². The van der Waals surface area contributed by atoms with Crippen molar-refractivity contribution in [1.29, 1.82) is 0 Å². The van der Waals surface area contributed by atoms with E-state index < -0.39 is 0 Å². The standard InChI is InChI=1S/C20H23FN4O/c21-17-7-5-16(6-8-17)15-25-13-11-24(12-14-25)10-9-22-20-23-18-3-1-2-4-19(18)26-20/h1-8H,9-15H2,(H,22,23). The molecule has 0 radical (unpaired) electrons. The number of para-hydroxylation sites is 2. The zero-order valence-corrected chi connectivity index (χ0v) is 14.7. The van der Waals surface area contributed by atoms with E-state index in [0.717, 1.165) is 62.5 Å². The fourth-order valence-electron chi connectivity index (χ4n) is 3.29. The van der Waals surface area contributed by atoms with Crippen molar-refractivity contribution in [2.24, 2.45) is 0 Å². The summed E-state index contributed by atoms with van der Waals surface area (Å²) in [6.45, 7) is 6.79. The van der Waals surface area contributed by atoms with Crippen molar-refractivity contribution < 1.29 is 8.81 Å². The summed E-state index contributed by atoms with van der Waals surface area (Å²) in [5.74, 6) is -0.176. The number of hydrogen-bond acceptors (Lipinski definition) is 5. The summed E-state index contributed by atoms with van der Waals surface area (Å²) < 4.78 is 18.7. The Bertz CT molecular complexity index is 807. The summed E-state index contributed by atoms with van der Waals surface area (Å²) in [5, 5.41) is 3.27. The van der Waals surface area contributed by atoms with Gasteiger partial charge in [-0.2, -0.15) is 4.98 Å². The molecule has 0 saturated carbocycles. The van der Waals surface area contributed by atoms with Gasteiger partial charge >= 0.3 is 0 Å². The normalized spacial score (nSPS) is 16.2. The third-order valence-corrected chi connectivity index (χ3v) is 4.78. The molecule has 2 aromatic carbocycles. The molecule has 1 saturated heterocycles. The molecular weight excluding hydrogens is 331 g/mol. The van der Waals surface area contributed by atoms with Gasteiger partial charge in [0, 0.05) is 45.8 Å². The molecule has 4 rings (SSSR count). The second kappa shape index (κ2) is 7.85. The first-order valence-electron chi connectivity index (χ1n) is 9.05. The summed E-state index contributed by atoms with van der Waals surface area (Å²) in [5.41, 5.74) is 2.85. The lowest BCUT2D eigenvalue weighted by Gasteiger charge is -2.34. The number of oxazole rings is 1. The third-order valence-electron chi connectivity index (χ3n) is 4.78. The van der Waals surface area contributed by atoms with Crippen LogP contribution in [0, 0.1) is 5.82 Å². The summed E-state index contributed by atoms with van der Waals surface area (Å²) in [6, 6.07) is 15.2. The average Bonchev–Trinajstić information content (AvgIpc) is 3.08. The molecule has 1 aliphatic rings. The largest absolute Gasteiger partial charge is 0.424 e. The Morgan fingerprint density at radius 2 is 1.69 bits per heavy atom. The van der Waals surface area contributed by atoms with Crippen LogP contribution < -0.4 is 5.32 Å². The van der Waals surface area contributed by atoms with Gasteiger partial charge in [0.1, 0.15) is 11.3 Å². The van der Waals surface area contributed by atoms with Crippen molar-refractivity contribution in [2.75, 3.05) is 44.6 Å². The number of hydrogen-bond donors (Lipinski definition) is 1. The fourth-order valence-corrected chi connectivity index (χ4v) is 3.29. The summed E-state index contributed by atoms with van der Waals surface area (Å²) in [7, 11) is 0. The van der Waals surface area contributed by atoms with Gasteiger partial charge in [-0.3, -0.25) is 9.80 Å². The molecule has 0 spiro atoms. The Kier molecular flexibility index (Phi) is 5.13. The molecule has 1 aromatic heterocycles. The molecule has 1 fully saturated rings. The van der Waals surface area contributed by atoms with Crippen molar-refractivity contribution >= 4 is 17.1 Å². The number of anilines is 1. The van der Waals surface area contributed by atoms with Crippen molar-refractivity contribution in [1.82, 2.24) is 14.8 Å². The van der Waals surface area contributed by atoms with Gasteiger partial charge in [-0.05, 0) is 29.8 Å². The molecule has 6 heteroatoms. The molecule has 0 bridgehead atoms. The third kappa shape index (κ3) is 4.20. The maximum atomic E-state index is 13.0. The summed E-state index contributed by atoms with van der Waals surface area (Å²) in [4.78, 5) is 9.29. The molecule has 0 atom stereocenters. The first-order valence-corrected chi connectivity index (χ1v) is 9.05. The predicted molar refractivity (Wildman–Crippen MR) is 101 cm³/mol. The molecule has 136 valence electrons. The van der Waals surface area contributed by atoms with Crippen LogP contribution in [0.4, 0.5) is 10.4 Å². The molecule has 1 aliphatic heterocycles. The van der Waals surface area contributed by atoms with Gasteiger partial charge in [-0.25, -0.2) is 4.39 Å². The fraction of sp³-hybridized carbons (Fsp3) is 0.350. The molecule has 1 N–H and O–H groups in total. The Morgan fingerprint density at radius 1 is 0.962 bits per heavy atom. The quantitative estimate of drug-likeness (QED) is 0.736. The topological polar surface area (TPSA) is 44.5 Å². The summed E-state index contributed by atoms with van der Waals surface area (Å²) >= 11 is 0. The number of fused-ring (bicyclic) bond motifs is 1. The number of aromatic nitrogens is 1. The monoisotopic (exact) mass is 354 g/mol. The number of rotatable bonds is 6. The highest BCUT2D eigenvalue weighted by atomic mass is 19.1.